The Bertz CT molecular complexity index is 727. The van der Waals surface area contributed by atoms with Gasteiger partial charge in [0, 0.05) is 18.5 Å². The van der Waals surface area contributed by atoms with Crippen LogP contribution in [0.2, 0.25) is 0 Å². The van der Waals surface area contributed by atoms with Gasteiger partial charge in [-0.1, -0.05) is 6.07 Å². The third kappa shape index (κ3) is 3.91. The summed E-state index contributed by atoms with van der Waals surface area (Å²) in [5, 5.41) is 10.4. The van der Waals surface area contributed by atoms with E-state index in [0.29, 0.717) is 17.4 Å². The lowest BCUT2D eigenvalue weighted by atomic mass is 9.98. The van der Waals surface area contributed by atoms with Gasteiger partial charge in [-0.2, -0.15) is 10.1 Å². The molecule has 2 aromatic rings. The highest BCUT2D eigenvalue weighted by atomic mass is 35.5. The second kappa shape index (κ2) is 7.72. The minimum Gasteiger partial charge on any atom is -0.317 e. The Labute approximate surface area is 146 Å². The van der Waals surface area contributed by atoms with Crippen molar-refractivity contribution in [2.24, 2.45) is 7.05 Å². The van der Waals surface area contributed by atoms with Crippen LogP contribution in [0.15, 0.2) is 18.2 Å². The highest BCUT2D eigenvalue weighted by molar-refractivity contribution is 6.03. The van der Waals surface area contributed by atoms with Crippen molar-refractivity contribution in [3.05, 3.63) is 41.0 Å². The van der Waals surface area contributed by atoms with E-state index >= 15 is 0 Å². The number of nitrogens with one attached hydrogen (secondary N) is 2. The van der Waals surface area contributed by atoms with Crippen molar-refractivity contribution in [1.82, 2.24) is 20.1 Å². The molecule has 2 heterocycles. The Morgan fingerprint density at radius 2 is 2.08 bits per heavy atom. The second-order valence-corrected chi connectivity index (χ2v) is 5.86. The Balaban J connectivity index is 0.00000208. The van der Waals surface area contributed by atoms with Crippen LogP contribution in [0.25, 0.3) is 0 Å². The van der Waals surface area contributed by atoms with Crippen LogP contribution >= 0.6 is 12.4 Å². The van der Waals surface area contributed by atoms with Crippen LogP contribution in [0, 0.1) is 12.7 Å². The minimum absolute atomic E-state index is 0. The lowest BCUT2D eigenvalue weighted by molar-refractivity contribution is 0.102. The van der Waals surface area contributed by atoms with E-state index in [0.717, 1.165) is 31.8 Å². The van der Waals surface area contributed by atoms with Gasteiger partial charge in [0.2, 0.25) is 5.95 Å². The molecule has 24 heavy (non-hydrogen) atoms. The largest absolute Gasteiger partial charge is 0.317 e. The van der Waals surface area contributed by atoms with Crippen molar-refractivity contribution in [1.29, 1.82) is 0 Å². The topological polar surface area (TPSA) is 71.8 Å². The van der Waals surface area contributed by atoms with Gasteiger partial charge in [0.1, 0.15) is 5.82 Å². The van der Waals surface area contributed by atoms with Gasteiger partial charge in [-0.3, -0.25) is 10.1 Å². The molecule has 1 aromatic heterocycles. The summed E-state index contributed by atoms with van der Waals surface area (Å²) >= 11 is 0. The summed E-state index contributed by atoms with van der Waals surface area (Å²) in [5.41, 5.74) is 0.771. The number of halogens is 2. The number of amides is 1. The fourth-order valence-corrected chi connectivity index (χ4v) is 2.67. The molecule has 3 rings (SSSR count). The van der Waals surface area contributed by atoms with Crippen molar-refractivity contribution in [3.63, 3.8) is 0 Å². The summed E-state index contributed by atoms with van der Waals surface area (Å²) in [6.45, 7) is 3.56. The summed E-state index contributed by atoms with van der Waals surface area (Å²) in [5.74, 6) is 0.649. The molecule has 1 aromatic carbocycles. The Morgan fingerprint density at radius 3 is 2.75 bits per heavy atom. The maximum atomic E-state index is 13.6. The average Bonchev–Trinajstić information content (AvgIpc) is 2.92. The predicted octanol–water partition coefficient (Wildman–Crippen LogP) is 2.40. The molecule has 0 unspecified atom stereocenters. The Hall–Kier alpha value is -1.99. The zero-order valence-electron chi connectivity index (χ0n) is 13.7. The molecule has 0 spiro atoms. The van der Waals surface area contributed by atoms with Crippen molar-refractivity contribution >= 4 is 24.3 Å². The minimum atomic E-state index is -0.397. The van der Waals surface area contributed by atoms with Crippen LogP contribution in [0.4, 0.5) is 10.3 Å². The number of carbonyl (C=O) groups excluding carboxylic acids is 1. The Morgan fingerprint density at radius 1 is 1.38 bits per heavy atom. The number of hydrogen-bond donors (Lipinski definition) is 2. The molecule has 6 nitrogen and oxygen atoms in total. The van der Waals surface area contributed by atoms with Crippen LogP contribution in [0.5, 0.6) is 0 Å². The molecule has 1 aliphatic heterocycles. The molecule has 0 aliphatic carbocycles. The fraction of sp³-hybridized carbons (Fsp3) is 0.438. The highest BCUT2D eigenvalue weighted by Gasteiger charge is 2.21. The van der Waals surface area contributed by atoms with E-state index in [1.807, 2.05) is 0 Å². The number of benzene rings is 1. The number of hydrogen-bond acceptors (Lipinski definition) is 4. The molecule has 130 valence electrons. The summed E-state index contributed by atoms with van der Waals surface area (Å²) in [6.07, 6.45) is 1.97. The number of aryl methyl sites for hydroxylation is 2. The van der Waals surface area contributed by atoms with Crippen molar-refractivity contribution in [2.45, 2.75) is 25.7 Å². The maximum Gasteiger partial charge on any atom is 0.258 e. The van der Waals surface area contributed by atoms with Crippen molar-refractivity contribution in [2.75, 3.05) is 18.4 Å². The first-order valence-corrected chi connectivity index (χ1v) is 7.74. The van der Waals surface area contributed by atoms with Crippen LogP contribution in [0.1, 0.15) is 40.5 Å². The van der Waals surface area contributed by atoms with E-state index in [1.165, 1.54) is 6.07 Å². The smallest absolute Gasteiger partial charge is 0.258 e. The van der Waals surface area contributed by atoms with Crippen LogP contribution in [-0.2, 0) is 7.05 Å². The normalized spacial score (nSPS) is 15.0. The fourth-order valence-electron chi connectivity index (χ4n) is 2.67. The number of aromatic nitrogens is 3. The summed E-state index contributed by atoms with van der Waals surface area (Å²) in [7, 11) is 1.74. The molecule has 0 saturated carbocycles. The van der Waals surface area contributed by atoms with E-state index in [-0.39, 0.29) is 18.0 Å². The van der Waals surface area contributed by atoms with Gasteiger partial charge in [0.05, 0.1) is 0 Å². The van der Waals surface area contributed by atoms with Gasteiger partial charge in [-0.05, 0) is 50.6 Å². The van der Waals surface area contributed by atoms with Crippen LogP contribution in [0.3, 0.4) is 0 Å². The molecule has 0 radical (unpaired) electrons. The zero-order chi connectivity index (χ0) is 16.4. The van der Waals surface area contributed by atoms with Gasteiger partial charge in [0.25, 0.3) is 5.91 Å². The lowest BCUT2D eigenvalue weighted by Crippen LogP contribution is -2.27. The van der Waals surface area contributed by atoms with E-state index in [9.17, 15) is 9.18 Å². The number of rotatable bonds is 3. The second-order valence-electron chi connectivity index (χ2n) is 5.86. The molecule has 8 heteroatoms. The molecule has 1 fully saturated rings. The number of anilines is 1. The third-order valence-electron chi connectivity index (χ3n) is 4.14. The van der Waals surface area contributed by atoms with Crippen LogP contribution < -0.4 is 10.6 Å². The number of carbonyl (C=O) groups is 1. The molecule has 1 saturated heterocycles. The number of piperidine rings is 1. The van der Waals surface area contributed by atoms with Gasteiger partial charge in [-0.15, -0.1) is 12.4 Å². The first-order valence-electron chi connectivity index (χ1n) is 7.74. The first kappa shape index (κ1) is 18.4. The van der Waals surface area contributed by atoms with Gasteiger partial charge in [0.15, 0.2) is 5.82 Å². The monoisotopic (exact) mass is 353 g/mol. The van der Waals surface area contributed by atoms with E-state index in [4.69, 9.17) is 0 Å². The van der Waals surface area contributed by atoms with Crippen LogP contribution in [-0.4, -0.2) is 33.8 Å². The number of nitrogens with zero attached hydrogens (tertiary/aromatic N) is 3. The third-order valence-corrected chi connectivity index (χ3v) is 4.14. The summed E-state index contributed by atoms with van der Waals surface area (Å²) < 4.78 is 15.1. The maximum absolute atomic E-state index is 13.6. The quantitative estimate of drug-likeness (QED) is 0.888. The average molecular weight is 354 g/mol. The van der Waals surface area contributed by atoms with E-state index < -0.39 is 11.7 Å². The first-order chi connectivity index (χ1) is 11.0. The molecular formula is C16H21ClFN5O. The lowest BCUT2D eigenvalue weighted by Gasteiger charge is -2.19. The SMILES string of the molecule is Cc1ccc(C(=O)Nc2nc(C3CCNCC3)nn2C)cc1F.Cl. The van der Waals surface area contributed by atoms with Gasteiger partial charge >= 0.3 is 0 Å². The van der Waals surface area contributed by atoms with Gasteiger partial charge < -0.3 is 5.32 Å². The highest BCUT2D eigenvalue weighted by Crippen LogP contribution is 2.23. The molecule has 1 aliphatic rings. The molecule has 0 atom stereocenters. The van der Waals surface area contributed by atoms with Crippen molar-refractivity contribution < 1.29 is 9.18 Å². The van der Waals surface area contributed by atoms with Crippen molar-refractivity contribution in [3.8, 4) is 0 Å². The zero-order valence-corrected chi connectivity index (χ0v) is 14.5. The van der Waals surface area contributed by atoms with E-state index in [2.05, 4.69) is 20.7 Å². The molecule has 0 bridgehead atoms. The molecular weight excluding hydrogens is 333 g/mol. The summed E-state index contributed by atoms with van der Waals surface area (Å²) in [4.78, 5) is 16.7. The van der Waals surface area contributed by atoms with E-state index in [1.54, 1.807) is 30.8 Å². The molecule has 2 N–H and O–H groups in total. The van der Waals surface area contributed by atoms with Gasteiger partial charge in [-0.25, -0.2) is 9.07 Å². The standard InChI is InChI=1S/C16H20FN5O.ClH/c1-10-3-4-12(9-13(10)17)15(23)20-16-19-14(21-22(16)2)11-5-7-18-8-6-11;/h3-4,9,11,18H,5-8H2,1-2H3,(H,19,20,21,23);1H. The Kier molecular flexibility index (Phi) is 5.90. The molecule has 1 amide bonds. The summed E-state index contributed by atoms with van der Waals surface area (Å²) in [6, 6.07) is 4.41. The predicted molar refractivity (Wildman–Crippen MR) is 92.2 cm³/mol.